The van der Waals surface area contributed by atoms with Crippen LogP contribution in [0, 0.1) is 5.92 Å². The van der Waals surface area contributed by atoms with Crippen LogP contribution in [0.3, 0.4) is 0 Å². The minimum atomic E-state index is 0.729. The first-order valence-electron chi connectivity index (χ1n) is 8.21. The van der Waals surface area contributed by atoms with Gasteiger partial charge >= 0.3 is 0 Å². The predicted molar refractivity (Wildman–Crippen MR) is 84.2 cm³/mol. The van der Waals surface area contributed by atoms with E-state index in [0.29, 0.717) is 0 Å². The molecule has 0 aromatic rings. The molecular formula is C16H34N2O2. The third-order valence-corrected chi connectivity index (χ3v) is 4.38. The van der Waals surface area contributed by atoms with Crippen molar-refractivity contribution in [2.24, 2.45) is 5.92 Å². The molecule has 2 unspecified atom stereocenters. The van der Waals surface area contributed by atoms with Crippen molar-refractivity contribution in [2.75, 3.05) is 53.6 Å². The van der Waals surface area contributed by atoms with Crippen molar-refractivity contribution < 1.29 is 9.47 Å². The topological polar surface area (TPSA) is 33.7 Å². The summed E-state index contributed by atoms with van der Waals surface area (Å²) < 4.78 is 10.3. The molecule has 1 aliphatic carbocycles. The Balaban J connectivity index is 2.18. The van der Waals surface area contributed by atoms with Gasteiger partial charge in [0.25, 0.3) is 0 Å². The van der Waals surface area contributed by atoms with E-state index in [1.54, 1.807) is 14.2 Å². The lowest BCUT2D eigenvalue weighted by Crippen LogP contribution is -2.42. The summed E-state index contributed by atoms with van der Waals surface area (Å²) >= 11 is 0. The van der Waals surface area contributed by atoms with Crippen LogP contribution in [0.25, 0.3) is 0 Å². The molecule has 0 spiro atoms. The minimum absolute atomic E-state index is 0.729. The number of hydrogen-bond donors (Lipinski definition) is 1. The van der Waals surface area contributed by atoms with Crippen molar-refractivity contribution in [3.8, 4) is 0 Å². The van der Waals surface area contributed by atoms with E-state index in [2.05, 4.69) is 17.1 Å². The van der Waals surface area contributed by atoms with Gasteiger partial charge < -0.3 is 14.8 Å². The maximum absolute atomic E-state index is 5.20. The summed E-state index contributed by atoms with van der Waals surface area (Å²) in [6, 6.07) is 0.729. The third kappa shape index (κ3) is 7.58. The smallest absolute Gasteiger partial charge is 0.0589 e. The Morgan fingerprint density at radius 2 is 1.75 bits per heavy atom. The summed E-state index contributed by atoms with van der Waals surface area (Å²) in [7, 11) is 3.54. The van der Waals surface area contributed by atoms with Gasteiger partial charge in [0.1, 0.15) is 0 Å². The fourth-order valence-corrected chi connectivity index (χ4v) is 3.02. The van der Waals surface area contributed by atoms with Gasteiger partial charge in [0, 0.05) is 53.0 Å². The Hall–Kier alpha value is -0.160. The van der Waals surface area contributed by atoms with Crippen LogP contribution >= 0.6 is 0 Å². The Labute approximate surface area is 125 Å². The van der Waals surface area contributed by atoms with Crippen LogP contribution in [-0.2, 0) is 9.47 Å². The predicted octanol–water partition coefficient (Wildman–Crippen LogP) is 2.14. The maximum Gasteiger partial charge on any atom is 0.0589 e. The number of nitrogens with one attached hydrogen (secondary N) is 1. The number of rotatable bonds is 11. The van der Waals surface area contributed by atoms with Crippen molar-refractivity contribution >= 4 is 0 Å². The highest BCUT2D eigenvalue weighted by atomic mass is 16.5. The molecule has 0 radical (unpaired) electrons. The van der Waals surface area contributed by atoms with Gasteiger partial charge in [0.15, 0.2) is 0 Å². The molecule has 0 heterocycles. The largest absolute Gasteiger partial charge is 0.385 e. The van der Waals surface area contributed by atoms with E-state index >= 15 is 0 Å². The molecule has 0 aromatic heterocycles. The quantitative estimate of drug-likeness (QED) is 0.590. The Morgan fingerprint density at radius 3 is 2.45 bits per heavy atom. The zero-order valence-electron chi connectivity index (χ0n) is 13.7. The van der Waals surface area contributed by atoms with Crippen LogP contribution < -0.4 is 5.32 Å². The molecular weight excluding hydrogens is 252 g/mol. The van der Waals surface area contributed by atoms with E-state index in [9.17, 15) is 0 Å². The highest BCUT2D eigenvalue weighted by Gasteiger charge is 2.20. The van der Waals surface area contributed by atoms with E-state index in [4.69, 9.17) is 9.47 Å². The second-order valence-electron chi connectivity index (χ2n) is 6.00. The summed E-state index contributed by atoms with van der Waals surface area (Å²) in [5.41, 5.74) is 0. The van der Waals surface area contributed by atoms with Crippen molar-refractivity contribution in [3.63, 3.8) is 0 Å². The van der Waals surface area contributed by atoms with Gasteiger partial charge in [-0.15, -0.1) is 0 Å². The lowest BCUT2D eigenvalue weighted by molar-refractivity contribution is 0.131. The first-order valence-corrected chi connectivity index (χ1v) is 8.21. The minimum Gasteiger partial charge on any atom is -0.385 e. The van der Waals surface area contributed by atoms with Crippen LogP contribution in [0.5, 0.6) is 0 Å². The first-order chi connectivity index (χ1) is 9.77. The summed E-state index contributed by atoms with van der Waals surface area (Å²) in [6.07, 6.45) is 6.64. The van der Waals surface area contributed by atoms with Gasteiger partial charge in [0.2, 0.25) is 0 Å². The summed E-state index contributed by atoms with van der Waals surface area (Å²) in [6.45, 7) is 8.35. The van der Waals surface area contributed by atoms with Crippen LogP contribution in [-0.4, -0.2) is 64.6 Å². The van der Waals surface area contributed by atoms with E-state index in [0.717, 1.165) is 57.8 Å². The molecule has 20 heavy (non-hydrogen) atoms. The fourth-order valence-electron chi connectivity index (χ4n) is 3.02. The highest BCUT2D eigenvalue weighted by Crippen LogP contribution is 2.23. The van der Waals surface area contributed by atoms with Crippen LogP contribution in [0.2, 0.25) is 0 Å². The SMILES string of the molecule is COCCCN(CCNC1CCCCC1C)CCOC. The van der Waals surface area contributed by atoms with Crippen molar-refractivity contribution in [1.82, 2.24) is 10.2 Å². The summed E-state index contributed by atoms with van der Waals surface area (Å²) in [5.74, 6) is 0.838. The van der Waals surface area contributed by atoms with Crippen molar-refractivity contribution in [1.29, 1.82) is 0 Å². The van der Waals surface area contributed by atoms with Gasteiger partial charge in [-0.1, -0.05) is 19.8 Å². The molecule has 1 fully saturated rings. The standard InChI is InChI=1S/C16H34N2O2/c1-15-7-4-5-8-16(15)17-9-11-18(12-14-20-3)10-6-13-19-2/h15-17H,4-14H2,1-3H3. The lowest BCUT2D eigenvalue weighted by Gasteiger charge is -2.31. The molecule has 120 valence electrons. The fraction of sp³-hybridized carbons (Fsp3) is 1.00. The molecule has 0 aliphatic heterocycles. The van der Waals surface area contributed by atoms with E-state index in [1.807, 2.05) is 0 Å². The molecule has 4 heteroatoms. The second kappa shape index (κ2) is 11.5. The molecule has 1 N–H and O–H groups in total. The van der Waals surface area contributed by atoms with Crippen LogP contribution in [0.15, 0.2) is 0 Å². The van der Waals surface area contributed by atoms with Gasteiger partial charge in [0.05, 0.1) is 6.61 Å². The summed E-state index contributed by atoms with van der Waals surface area (Å²) in [4.78, 5) is 2.48. The number of ether oxygens (including phenoxy) is 2. The highest BCUT2D eigenvalue weighted by molar-refractivity contribution is 4.78. The van der Waals surface area contributed by atoms with Crippen molar-refractivity contribution in [2.45, 2.75) is 45.1 Å². The number of hydrogen-bond acceptors (Lipinski definition) is 4. The molecule has 0 amide bonds. The average Bonchev–Trinajstić information content (AvgIpc) is 2.46. The number of methoxy groups -OCH3 is 2. The Bertz CT molecular complexity index is 227. The lowest BCUT2D eigenvalue weighted by atomic mass is 9.86. The zero-order chi connectivity index (χ0) is 14.6. The van der Waals surface area contributed by atoms with Gasteiger partial charge in [-0.3, -0.25) is 4.90 Å². The normalized spacial score (nSPS) is 23.4. The van der Waals surface area contributed by atoms with Gasteiger partial charge in [-0.25, -0.2) is 0 Å². The van der Waals surface area contributed by atoms with E-state index in [-0.39, 0.29) is 0 Å². The Kier molecular flexibility index (Phi) is 10.3. The average molecular weight is 286 g/mol. The first kappa shape index (κ1) is 17.9. The van der Waals surface area contributed by atoms with Crippen LogP contribution in [0.1, 0.15) is 39.0 Å². The van der Waals surface area contributed by atoms with E-state index in [1.165, 1.54) is 25.7 Å². The molecule has 0 saturated heterocycles. The molecule has 0 aromatic carbocycles. The van der Waals surface area contributed by atoms with Crippen molar-refractivity contribution in [3.05, 3.63) is 0 Å². The maximum atomic E-state index is 5.20. The second-order valence-corrected chi connectivity index (χ2v) is 6.00. The van der Waals surface area contributed by atoms with Gasteiger partial charge in [-0.05, 0) is 25.2 Å². The molecule has 0 bridgehead atoms. The Morgan fingerprint density at radius 1 is 1.00 bits per heavy atom. The monoisotopic (exact) mass is 286 g/mol. The van der Waals surface area contributed by atoms with Crippen LogP contribution in [0.4, 0.5) is 0 Å². The molecule has 1 rings (SSSR count). The molecule has 1 aliphatic rings. The zero-order valence-corrected chi connectivity index (χ0v) is 13.7. The molecule has 4 nitrogen and oxygen atoms in total. The van der Waals surface area contributed by atoms with Gasteiger partial charge in [-0.2, -0.15) is 0 Å². The summed E-state index contributed by atoms with van der Waals surface area (Å²) in [5, 5.41) is 3.75. The number of nitrogens with zero attached hydrogens (tertiary/aromatic N) is 1. The van der Waals surface area contributed by atoms with E-state index < -0.39 is 0 Å². The third-order valence-electron chi connectivity index (χ3n) is 4.38. The molecule has 2 atom stereocenters. The molecule has 1 saturated carbocycles.